The Morgan fingerprint density at radius 3 is 2.89 bits per heavy atom. The van der Waals surface area contributed by atoms with Gasteiger partial charge in [0, 0.05) is 19.7 Å². The minimum Gasteiger partial charge on any atom is -0.396 e. The number of hydrogen-bond acceptors (Lipinski definition) is 3. The molecule has 0 radical (unpaired) electrons. The maximum atomic E-state index is 14.0. The molecule has 1 unspecified atom stereocenters. The van der Waals surface area contributed by atoms with Crippen molar-refractivity contribution >= 4 is 5.69 Å². The second-order valence-corrected chi connectivity index (χ2v) is 5.02. The van der Waals surface area contributed by atoms with Crippen molar-refractivity contribution in [1.82, 2.24) is 0 Å². The van der Waals surface area contributed by atoms with Crippen molar-refractivity contribution in [2.24, 2.45) is 5.92 Å². The van der Waals surface area contributed by atoms with Crippen molar-refractivity contribution in [3.8, 4) is 0 Å². The van der Waals surface area contributed by atoms with E-state index in [9.17, 15) is 14.6 Å². The van der Waals surface area contributed by atoms with Crippen molar-refractivity contribution in [2.45, 2.75) is 25.9 Å². The summed E-state index contributed by atoms with van der Waals surface area (Å²) in [5, 5.41) is 18.6. The number of aliphatic hydroxyl groups excluding tert-OH is 2. The van der Waals surface area contributed by atoms with E-state index in [0.717, 1.165) is 19.4 Å². The minimum absolute atomic E-state index is 0.157. The first-order valence-electron chi connectivity index (χ1n) is 6.45. The van der Waals surface area contributed by atoms with E-state index >= 15 is 0 Å². The van der Waals surface area contributed by atoms with Crippen LogP contribution in [0.3, 0.4) is 0 Å². The molecule has 2 rings (SSSR count). The number of rotatable bonds is 3. The topological polar surface area (TPSA) is 43.7 Å². The summed E-state index contributed by atoms with van der Waals surface area (Å²) in [6.45, 7) is 3.30. The normalized spacial score (nSPS) is 22.0. The molecule has 1 heterocycles. The van der Waals surface area contributed by atoms with E-state index in [4.69, 9.17) is 0 Å². The van der Waals surface area contributed by atoms with Crippen molar-refractivity contribution in [1.29, 1.82) is 0 Å². The van der Waals surface area contributed by atoms with Gasteiger partial charge in [-0.05, 0) is 43.4 Å². The summed E-state index contributed by atoms with van der Waals surface area (Å²) in [7, 11) is 0. The first kappa shape index (κ1) is 13.3. The average Bonchev–Trinajstić information content (AvgIpc) is 2.38. The van der Waals surface area contributed by atoms with Crippen molar-refractivity contribution in [3.05, 3.63) is 29.6 Å². The zero-order valence-corrected chi connectivity index (χ0v) is 10.6. The smallest absolute Gasteiger partial charge is 0.146 e. The van der Waals surface area contributed by atoms with Crippen LogP contribution in [-0.2, 0) is 0 Å². The Balaban J connectivity index is 2.17. The fourth-order valence-electron chi connectivity index (χ4n) is 2.47. The SMILES string of the molecule is C[C@H](O)c1ccc(N2CCCC(CO)C2)c(F)c1. The molecule has 18 heavy (non-hydrogen) atoms. The van der Waals surface area contributed by atoms with Gasteiger partial charge in [0.25, 0.3) is 0 Å². The maximum absolute atomic E-state index is 14.0. The third-order valence-corrected chi connectivity index (χ3v) is 3.57. The highest BCUT2D eigenvalue weighted by Crippen LogP contribution is 2.27. The summed E-state index contributed by atoms with van der Waals surface area (Å²) >= 11 is 0. The zero-order chi connectivity index (χ0) is 13.1. The highest BCUT2D eigenvalue weighted by atomic mass is 19.1. The Hall–Kier alpha value is -1.13. The Labute approximate surface area is 107 Å². The van der Waals surface area contributed by atoms with Gasteiger partial charge in [-0.15, -0.1) is 0 Å². The van der Waals surface area contributed by atoms with Crippen LogP contribution in [-0.4, -0.2) is 29.9 Å². The zero-order valence-electron chi connectivity index (χ0n) is 10.6. The van der Waals surface area contributed by atoms with Gasteiger partial charge in [0.2, 0.25) is 0 Å². The molecule has 0 aliphatic carbocycles. The van der Waals surface area contributed by atoms with Crippen molar-refractivity contribution in [2.75, 3.05) is 24.6 Å². The number of benzene rings is 1. The van der Waals surface area contributed by atoms with Crippen LogP contribution in [0.5, 0.6) is 0 Å². The second-order valence-electron chi connectivity index (χ2n) is 5.02. The lowest BCUT2D eigenvalue weighted by atomic mass is 9.98. The number of nitrogens with zero attached hydrogens (tertiary/aromatic N) is 1. The fraction of sp³-hybridized carbons (Fsp3) is 0.571. The third kappa shape index (κ3) is 2.82. The van der Waals surface area contributed by atoms with Crippen LogP contribution in [0.4, 0.5) is 10.1 Å². The van der Waals surface area contributed by atoms with E-state index in [-0.39, 0.29) is 18.3 Å². The molecule has 0 saturated carbocycles. The lowest BCUT2D eigenvalue weighted by Gasteiger charge is -2.34. The van der Waals surface area contributed by atoms with Gasteiger partial charge in [-0.2, -0.15) is 0 Å². The molecule has 1 aromatic rings. The van der Waals surface area contributed by atoms with Crippen LogP contribution in [0, 0.1) is 11.7 Å². The summed E-state index contributed by atoms with van der Waals surface area (Å²) < 4.78 is 14.0. The molecule has 2 atom stereocenters. The summed E-state index contributed by atoms with van der Waals surface area (Å²) in [6, 6.07) is 4.87. The van der Waals surface area contributed by atoms with E-state index in [2.05, 4.69) is 0 Å². The van der Waals surface area contributed by atoms with E-state index < -0.39 is 6.10 Å². The average molecular weight is 253 g/mol. The van der Waals surface area contributed by atoms with Gasteiger partial charge >= 0.3 is 0 Å². The molecule has 1 aromatic carbocycles. The second kappa shape index (κ2) is 5.67. The number of hydrogen-bond donors (Lipinski definition) is 2. The molecular formula is C14H20FNO2. The highest BCUT2D eigenvalue weighted by molar-refractivity contribution is 5.49. The van der Waals surface area contributed by atoms with Crippen LogP contribution >= 0.6 is 0 Å². The van der Waals surface area contributed by atoms with E-state index in [1.807, 2.05) is 4.90 Å². The molecule has 100 valence electrons. The van der Waals surface area contributed by atoms with Gasteiger partial charge in [-0.25, -0.2) is 4.39 Å². The van der Waals surface area contributed by atoms with E-state index in [0.29, 0.717) is 17.8 Å². The van der Waals surface area contributed by atoms with Crippen LogP contribution in [0.15, 0.2) is 18.2 Å². The third-order valence-electron chi connectivity index (χ3n) is 3.57. The van der Waals surface area contributed by atoms with E-state index in [1.165, 1.54) is 6.07 Å². The molecular weight excluding hydrogens is 233 g/mol. The number of anilines is 1. The van der Waals surface area contributed by atoms with Gasteiger partial charge in [0.1, 0.15) is 5.82 Å². The van der Waals surface area contributed by atoms with Crippen molar-refractivity contribution in [3.63, 3.8) is 0 Å². The standard InChI is InChI=1S/C14H20FNO2/c1-10(18)12-4-5-14(13(15)7-12)16-6-2-3-11(8-16)9-17/h4-5,7,10-11,17-18H,2-3,6,8-9H2,1H3/t10-,11?/m0/s1. The first-order chi connectivity index (χ1) is 8.61. The van der Waals surface area contributed by atoms with Gasteiger partial charge in [0.15, 0.2) is 0 Å². The Bertz CT molecular complexity index is 409. The quantitative estimate of drug-likeness (QED) is 0.867. The summed E-state index contributed by atoms with van der Waals surface area (Å²) in [6.07, 6.45) is 1.32. The molecule has 0 amide bonds. The van der Waals surface area contributed by atoms with Gasteiger partial charge in [-0.3, -0.25) is 0 Å². The summed E-state index contributed by atoms with van der Waals surface area (Å²) in [4.78, 5) is 1.98. The molecule has 4 heteroatoms. The number of aliphatic hydroxyl groups is 2. The molecule has 1 aliphatic rings. The largest absolute Gasteiger partial charge is 0.396 e. The van der Waals surface area contributed by atoms with Crippen LogP contribution in [0.1, 0.15) is 31.4 Å². The Morgan fingerprint density at radius 1 is 1.50 bits per heavy atom. The molecule has 0 aromatic heterocycles. The van der Waals surface area contributed by atoms with Gasteiger partial charge in [-0.1, -0.05) is 6.07 Å². The van der Waals surface area contributed by atoms with Gasteiger partial charge in [0.05, 0.1) is 11.8 Å². The molecule has 0 spiro atoms. The molecule has 2 N–H and O–H groups in total. The predicted octanol–water partition coefficient (Wildman–Crippen LogP) is 2.09. The molecule has 1 saturated heterocycles. The minimum atomic E-state index is -0.653. The Morgan fingerprint density at radius 2 is 2.28 bits per heavy atom. The molecule has 3 nitrogen and oxygen atoms in total. The summed E-state index contributed by atoms with van der Waals surface area (Å²) in [5.41, 5.74) is 1.16. The lowest BCUT2D eigenvalue weighted by Crippen LogP contribution is -2.37. The van der Waals surface area contributed by atoms with Crippen molar-refractivity contribution < 1.29 is 14.6 Å². The maximum Gasteiger partial charge on any atom is 0.146 e. The highest BCUT2D eigenvalue weighted by Gasteiger charge is 2.21. The Kier molecular flexibility index (Phi) is 4.19. The molecule has 1 aliphatic heterocycles. The fourth-order valence-corrected chi connectivity index (χ4v) is 2.47. The number of halogens is 1. The lowest BCUT2D eigenvalue weighted by molar-refractivity contribution is 0.198. The first-order valence-corrected chi connectivity index (χ1v) is 6.45. The number of piperidine rings is 1. The summed E-state index contributed by atoms with van der Waals surface area (Å²) in [5.74, 6) is -0.0680. The van der Waals surface area contributed by atoms with E-state index in [1.54, 1.807) is 19.1 Å². The van der Waals surface area contributed by atoms with Gasteiger partial charge < -0.3 is 15.1 Å². The monoisotopic (exact) mass is 253 g/mol. The van der Waals surface area contributed by atoms with Crippen LogP contribution in [0.25, 0.3) is 0 Å². The molecule has 0 bridgehead atoms. The molecule has 1 fully saturated rings. The van der Waals surface area contributed by atoms with Crippen LogP contribution in [0.2, 0.25) is 0 Å². The predicted molar refractivity (Wildman–Crippen MR) is 69.1 cm³/mol. The van der Waals surface area contributed by atoms with Crippen LogP contribution < -0.4 is 4.90 Å².